The number of hydrogen-bond acceptors (Lipinski definition) is 5. The summed E-state index contributed by atoms with van der Waals surface area (Å²) < 4.78 is 5.48. The number of aliphatic carboxylic acids is 1. The van der Waals surface area contributed by atoms with E-state index in [1.165, 1.54) is 0 Å². The zero-order chi connectivity index (χ0) is 25.0. The summed E-state index contributed by atoms with van der Waals surface area (Å²) in [6, 6.07) is 18.6. The molecule has 0 radical (unpaired) electrons. The third kappa shape index (κ3) is 5.54. The van der Waals surface area contributed by atoms with E-state index in [1.807, 2.05) is 79.9 Å². The second kappa shape index (κ2) is 10.3. The predicted molar refractivity (Wildman–Crippen MR) is 135 cm³/mol. The number of carbonyl (C=O) groups excluding carboxylic acids is 2. The van der Waals surface area contributed by atoms with E-state index in [1.54, 1.807) is 11.3 Å². The maximum absolute atomic E-state index is 12.8. The highest BCUT2D eigenvalue weighted by molar-refractivity contribution is 7.10. The molecule has 1 unspecified atom stereocenters. The summed E-state index contributed by atoms with van der Waals surface area (Å²) in [5.41, 5.74) is 4.01. The van der Waals surface area contributed by atoms with Crippen LogP contribution in [0.3, 0.4) is 0 Å². The van der Waals surface area contributed by atoms with Gasteiger partial charge < -0.3 is 20.5 Å². The lowest BCUT2D eigenvalue weighted by atomic mass is 9.91. The molecule has 35 heavy (non-hydrogen) atoms. The van der Waals surface area contributed by atoms with E-state index in [-0.39, 0.29) is 17.9 Å². The minimum atomic E-state index is -1.25. The second-order valence-corrected chi connectivity index (χ2v) is 10.1. The van der Waals surface area contributed by atoms with Gasteiger partial charge in [-0.1, -0.05) is 68.4 Å². The van der Waals surface area contributed by atoms with E-state index < -0.39 is 30.4 Å². The molecule has 1 heterocycles. The van der Waals surface area contributed by atoms with Crippen LogP contribution in [0.15, 0.2) is 66.0 Å². The van der Waals surface area contributed by atoms with E-state index in [0.717, 1.165) is 27.1 Å². The molecule has 1 aromatic heterocycles. The number of nitrogens with one attached hydrogen (secondary N) is 2. The summed E-state index contributed by atoms with van der Waals surface area (Å²) >= 11 is 1.59. The Morgan fingerprint density at radius 3 is 2.20 bits per heavy atom. The van der Waals surface area contributed by atoms with Gasteiger partial charge in [0.2, 0.25) is 5.91 Å². The van der Waals surface area contributed by atoms with Gasteiger partial charge in [0.15, 0.2) is 0 Å². The number of fused-ring (bicyclic) bond motifs is 3. The fourth-order valence-corrected chi connectivity index (χ4v) is 5.20. The van der Waals surface area contributed by atoms with E-state index in [2.05, 4.69) is 10.6 Å². The molecule has 0 saturated heterocycles. The molecular weight excluding hydrogens is 464 g/mol. The average Bonchev–Trinajstić information content (AvgIpc) is 3.48. The van der Waals surface area contributed by atoms with Crippen molar-refractivity contribution < 1.29 is 24.2 Å². The maximum atomic E-state index is 12.8. The van der Waals surface area contributed by atoms with Crippen LogP contribution in [0.1, 0.15) is 42.2 Å². The molecule has 1 atom stereocenters. The van der Waals surface area contributed by atoms with Gasteiger partial charge in [-0.3, -0.25) is 9.59 Å². The molecule has 0 spiro atoms. The van der Waals surface area contributed by atoms with Crippen molar-refractivity contribution >= 4 is 29.3 Å². The van der Waals surface area contributed by atoms with Gasteiger partial charge in [0, 0.05) is 22.8 Å². The van der Waals surface area contributed by atoms with Gasteiger partial charge in [-0.2, -0.15) is 0 Å². The number of alkyl carbamates (subject to hydrolysis) is 1. The summed E-state index contributed by atoms with van der Waals surface area (Å²) in [6.45, 7) is 4.36. The monoisotopic (exact) mass is 492 g/mol. The van der Waals surface area contributed by atoms with Crippen LogP contribution in [0.4, 0.5) is 4.79 Å². The maximum Gasteiger partial charge on any atom is 0.407 e. The van der Waals surface area contributed by atoms with Crippen LogP contribution in [-0.2, 0) is 19.7 Å². The molecule has 3 N–H and O–H groups in total. The van der Waals surface area contributed by atoms with Crippen molar-refractivity contribution in [2.75, 3.05) is 13.2 Å². The minimum absolute atomic E-state index is 0.0761. The quantitative estimate of drug-likeness (QED) is 0.407. The zero-order valence-electron chi connectivity index (χ0n) is 19.6. The Kier molecular flexibility index (Phi) is 7.21. The fourth-order valence-electron chi connectivity index (χ4n) is 4.35. The Balaban J connectivity index is 1.38. The molecule has 0 aliphatic heterocycles. The van der Waals surface area contributed by atoms with Gasteiger partial charge in [0.05, 0.1) is 6.42 Å². The van der Waals surface area contributed by atoms with Crippen LogP contribution >= 0.6 is 11.3 Å². The first kappa shape index (κ1) is 24.5. The Hall–Kier alpha value is -3.65. The number of thiophene rings is 1. The number of ether oxygens (including phenoxy) is 1. The average molecular weight is 493 g/mol. The number of carboxylic acids is 1. The predicted octanol–water partition coefficient (Wildman–Crippen LogP) is 4.52. The first-order valence-electron chi connectivity index (χ1n) is 11.4. The van der Waals surface area contributed by atoms with Crippen molar-refractivity contribution in [3.63, 3.8) is 0 Å². The Morgan fingerprint density at radius 2 is 1.63 bits per heavy atom. The molecule has 0 fully saturated rings. The number of carbonyl (C=O) groups is 3. The zero-order valence-corrected chi connectivity index (χ0v) is 20.4. The van der Waals surface area contributed by atoms with Gasteiger partial charge in [0.25, 0.3) is 0 Å². The van der Waals surface area contributed by atoms with E-state index in [4.69, 9.17) is 4.74 Å². The smallest absolute Gasteiger partial charge is 0.407 e. The summed E-state index contributed by atoms with van der Waals surface area (Å²) in [7, 11) is 0. The number of benzene rings is 2. The highest BCUT2D eigenvalue weighted by Gasteiger charge is 2.31. The summed E-state index contributed by atoms with van der Waals surface area (Å²) in [5, 5.41) is 16.5. The molecule has 7 nitrogen and oxygen atoms in total. The van der Waals surface area contributed by atoms with Gasteiger partial charge in [-0.25, -0.2) is 4.79 Å². The second-order valence-electron chi connectivity index (χ2n) is 9.20. The van der Waals surface area contributed by atoms with Gasteiger partial charge in [-0.05, 0) is 33.7 Å². The molecule has 2 aromatic carbocycles. The summed E-state index contributed by atoms with van der Waals surface area (Å²) in [4.78, 5) is 37.8. The lowest BCUT2D eigenvalue weighted by molar-refractivity contribution is -0.139. The van der Waals surface area contributed by atoms with E-state index >= 15 is 0 Å². The van der Waals surface area contributed by atoms with Gasteiger partial charge >= 0.3 is 12.1 Å². The van der Waals surface area contributed by atoms with Crippen LogP contribution in [0.25, 0.3) is 11.1 Å². The van der Waals surface area contributed by atoms with Crippen LogP contribution in [0, 0.1) is 0 Å². The van der Waals surface area contributed by atoms with E-state index in [9.17, 15) is 19.5 Å². The summed E-state index contributed by atoms with van der Waals surface area (Å²) in [6.07, 6.45) is -1.37. The van der Waals surface area contributed by atoms with Crippen molar-refractivity contribution in [2.45, 2.75) is 37.6 Å². The lowest BCUT2D eigenvalue weighted by Crippen LogP contribution is -2.50. The van der Waals surface area contributed by atoms with Crippen molar-refractivity contribution in [1.82, 2.24) is 10.6 Å². The van der Waals surface area contributed by atoms with Crippen molar-refractivity contribution in [3.05, 3.63) is 82.0 Å². The SMILES string of the molecule is CC(C)(CNC(=O)C(CC(=O)O)NC(=O)OCC1c2ccccc2-c2ccccc21)c1cccs1. The van der Waals surface area contributed by atoms with Gasteiger partial charge in [-0.15, -0.1) is 11.3 Å². The number of amides is 2. The van der Waals surface area contributed by atoms with Crippen LogP contribution in [0.2, 0.25) is 0 Å². The van der Waals surface area contributed by atoms with Crippen molar-refractivity contribution in [2.24, 2.45) is 0 Å². The third-order valence-corrected chi connectivity index (χ3v) is 7.46. The highest BCUT2D eigenvalue weighted by Crippen LogP contribution is 2.44. The fraction of sp³-hybridized carbons (Fsp3) is 0.296. The number of rotatable bonds is 9. The normalized spacial score (nSPS) is 13.4. The van der Waals surface area contributed by atoms with Crippen molar-refractivity contribution in [1.29, 1.82) is 0 Å². The van der Waals surface area contributed by atoms with E-state index in [0.29, 0.717) is 6.54 Å². The third-order valence-electron chi connectivity index (χ3n) is 6.22. The minimum Gasteiger partial charge on any atom is -0.481 e. The topological polar surface area (TPSA) is 105 Å². The molecule has 1 aliphatic carbocycles. The molecule has 0 bridgehead atoms. The molecular formula is C27H28N2O5S. The van der Waals surface area contributed by atoms with Crippen LogP contribution in [-0.4, -0.2) is 42.3 Å². The molecule has 2 amide bonds. The Bertz CT molecular complexity index is 1180. The number of carboxylic acid groups (broad SMARTS) is 1. The molecule has 182 valence electrons. The molecule has 1 aliphatic rings. The molecule has 4 rings (SSSR count). The van der Waals surface area contributed by atoms with Gasteiger partial charge in [0.1, 0.15) is 12.6 Å². The Labute approximate surface area is 208 Å². The van der Waals surface area contributed by atoms with Crippen molar-refractivity contribution in [3.8, 4) is 11.1 Å². The first-order chi connectivity index (χ1) is 16.8. The van der Waals surface area contributed by atoms with Crippen LogP contribution < -0.4 is 10.6 Å². The first-order valence-corrected chi connectivity index (χ1v) is 12.3. The molecule has 8 heteroatoms. The highest BCUT2D eigenvalue weighted by atomic mass is 32.1. The largest absolute Gasteiger partial charge is 0.481 e. The van der Waals surface area contributed by atoms with Crippen LogP contribution in [0.5, 0.6) is 0 Å². The lowest BCUT2D eigenvalue weighted by Gasteiger charge is -2.25. The standard InChI is InChI=1S/C27H28N2O5S/c1-27(2,23-12-7-13-35-23)16-28-25(32)22(14-24(30)31)29-26(33)34-15-21-19-10-5-3-8-17(19)18-9-4-6-11-20(18)21/h3-13,21-22H,14-16H2,1-2H3,(H,28,32)(H,29,33)(H,30,31). The number of hydrogen-bond donors (Lipinski definition) is 3. The molecule has 3 aromatic rings. The summed E-state index contributed by atoms with van der Waals surface area (Å²) in [5.74, 6) is -1.89. The molecule has 0 saturated carbocycles. The Morgan fingerprint density at radius 1 is 1.00 bits per heavy atom.